The van der Waals surface area contributed by atoms with Gasteiger partial charge in [0.05, 0.1) is 14.2 Å². The number of carbonyl (C=O) groups excluding carboxylic acids is 1. The summed E-state index contributed by atoms with van der Waals surface area (Å²) in [6.07, 6.45) is 1.76. The number of hydrogen-bond acceptors (Lipinski definition) is 6. The van der Waals surface area contributed by atoms with Crippen molar-refractivity contribution in [2.24, 2.45) is 0 Å². The minimum atomic E-state index is -0.850. The van der Waals surface area contributed by atoms with Gasteiger partial charge >= 0.3 is 0 Å². The average molecular weight is 397 g/mol. The third-order valence-electron chi connectivity index (χ3n) is 4.47. The number of aryl methyl sites for hydroxylation is 1. The lowest BCUT2D eigenvalue weighted by Gasteiger charge is -2.16. The van der Waals surface area contributed by atoms with Crippen LogP contribution in [0.2, 0.25) is 0 Å². The molecule has 2 heterocycles. The predicted octanol–water partition coefficient (Wildman–Crippen LogP) is 2.34. The van der Waals surface area contributed by atoms with Crippen molar-refractivity contribution in [3.8, 4) is 22.8 Å². The van der Waals surface area contributed by atoms with E-state index in [9.17, 15) is 9.59 Å². The number of anilines is 1. The topological polar surface area (TPSA) is 100 Å². The zero-order valence-electron chi connectivity index (χ0n) is 16.7. The van der Waals surface area contributed by atoms with Crippen LogP contribution < -0.4 is 20.3 Å². The number of aromatic nitrogens is 4. The lowest BCUT2D eigenvalue weighted by Crippen LogP contribution is -2.33. The fourth-order valence-electron chi connectivity index (χ4n) is 2.78. The highest BCUT2D eigenvalue weighted by Crippen LogP contribution is 2.28. The van der Waals surface area contributed by atoms with Gasteiger partial charge in [0.1, 0.15) is 17.5 Å². The fraction of sp³-hybridized carbons (Fsp3) is 0.300. The lowest BCUT2D eigenvalue weighted by molar-refractivity contribution is -0.119. The molecule has 2 aromatic heterocycles. The quantitative estimate of drug-likeness (QED) is 0.657. The number of ether oxygens (including phenoxy) is 2. The summed E-state index contributed by atoms with van der Waals surface area (Å²) in [5.74, 6) is 1.04. The van der Waals surface area contributed by atoms with Crippen molar-refractivity contribution in [3.05, 3.63) is 52.9 Å². The van der Waals surface area contributed by atoms with Gasteiger partial charge in [0.2, 0.25) is 5.91 Å². The predicted molar refractivity (Wildman–Crippen MR) is 108 cm³/mol. The number of methoxy groups -OCH3 is 2. The molecule has 0 aliphatic rings. The number of nitrogens with zero attached hydrogens (tertiary/aromatic N) is 4. The maximum Gasteiger partial charge on any atom is 0.271 e. The van der Waals surface area contributed by atoms with Gasteiger partial charge in [0.15, 0.2) is 11.6 Å². The Morgan fingerprint density at radius 1 is 1.14 bits per heavy atom. The molecule has 0 spiro atoms. The summed E-state index contributed by atoms with van der Waals surface area (Å²) in [6.45, 7) is 4.24. The highest BCUT2D eigenvalue weighted by atomic mass is 16.5. The Bertz CT molecular complexity index is 1060. The third-order valence-corrected chi connectivity index (χ3v) is 4.47. The number of benzene rings is 1. The summed E-state index contributed by atoms with van der Waals surface area (Å²) >= 11 is 0. The van der Waals surface area contributed by atoms with Gasteiger partial charge in [-0.05, 0) is 38.1 Å². The van der Waals surface area contributed by atoms with Crippen molar-refractivity contribution in [2.45, 2.75) is 26.4 Å². The van der Waals surface area contributed by atoms with Gasteiger partial charge in [-0.3, -0.25) is 14.3 Å². The minimum Gasteiger partial charge on any atom is -0.497 e. The zero-order valence-corrected chi connectivity index (χ0v) is 16.7. The number of carbonyl (C=O) groups is 1. The van der Waals surface area contributed by atoms with E-state index in [0.717, 1.165) is 10.2 Å². The first kappa shape index (κ1) is 20.1. The van der Waals surface area contributed by atoms with E-state index in [1.807, 2.05) is 6.92 Å². The maximum absolute atomic E-state index is 12.6. The van der Waals surface area contributed by atoms with Gasteiger partial charge in [-0.15, -0.1) is 0 Å². The van der Waals surface area contributed by atoms with Crippen LogP contribution in [0.15, 0.2) is 47.4 Å². The van der Waals surface area contributed by atoms with Gasteiger partial charge in [-0.2, -0.15) is 10.2 Å². The molecule has 3 rings (SSSR count). The molecular weight excluding hydrogens is 374 g/mol. The Balaban J connectivity index is 1.93. The summed E-state index contributed by atoms with van der Waals surface area (Å²) in [7, 11) is 3.05. The average Bonchev–Trinajstić information content (AvgIpc) is 3.20. The molecule has 0 bridgehead atoms. The highest BCUT2D eigenvalue weighted by Gasteiger charge is 2.21. The molecule has 0 unspecified atom stereocenters. The SMILES string of the molecule is CCn1ccc(NC(=O)[C@@H](C)n2nc(-c3ccc(OC)cc3)c(OC)cc2=O)n1. The van der Waals surface area contributed by atoms with Crippen LogP contribution in [0.25, 0.3) is 11.3 Å². The smallest absolute Gasteiger partial charge is 0.271 e. The molecule has 0 saturated heterocycles. The molecule has 1 amide bonds. The van der Waals surface area contributed by atoms with E-state index >= 15 is 0 Å². The minimum absolute atomic E-state index is 0.325. The molecule has 0 aliphatic carbocycles. The van der Waals surface area contributed by atoms with Gasteiger partial charge in [-0.25, -0.2) is 4.68 Å². The fourth-order valence-corrected chi connectivity index (χ4v) is 2.78. The molecule has 0 aliphatic heterocycles. The first-order chi connectivity index (χ1) is 14.0. The van der Waals surface area contributed by atoms with E-state index in [0.29, 0.717) is 29.6 Å². The molecule has 1 N–H and O–H groups in total. The molecule has 1 atom stereocenters. The van der Waals surface area contributed by atoms with Crippen molar-refractivity contribution >= 4 is 11.7 Å². The first-order valence-electron chi connectivity index (χ1n) is 9.13. The molecule has 1 aromatic carbocycles. The van der Waals surface area contributed by atoms with Crippen LogP contribution in [0.5, 0.6) is 11.5 Å². The van der Waals surface area contributed by atoms with Crippen LogP contribution in [0.1, 0.15) is 19.9 Å². The Labute approximate surface area is 167 Å². The van der Waals surface area contributed by atoms with Gasteiger partial charge in [-0.1, -0.05) is 0 Å². The van der Waals surface area contributed by atoms with E-state index in [1.165, 1.54) is 13.2 Å². The van der Waals surface area contributed by atoms with Crippen molar-refractivity contribution in [1.82, 2.24) is 19.6 Å². The molecule has 0 radical (unpaired) electrons. The van der Waals surface area contributed by atoms with Crippen LogP contribution in [0.3, 0.4) is 0 Å². The molecule has 9 nitrogen and oxygen atoms in total. The van der Waals surface area contributed by atoms with E-state index in [1.54, 1.807) is 55.2 Å². The van der Waals surface area contributed by atoms with Crippen LogP contribution in [0, 0.1) is 0 Å². The molecule has 0 fully saturated rings. The number of rotatable bonds is 7. The Morgan fingerprint density at radius 3 is 2.45 bits per heavy atom. The van der Waals surface area contributed by atoms with Crippen LogP contribution in [-0.2, 0) is 11.3 Å². The molecule has 9 heteroatoms. The third kappa shape index (κ3) is 4.29. The van der Waals surface area contributed by atoms with Crippen molar-refractivity contribution in [2.75, 3.05) is 19.5 Å². The molecule has 29 heavy (non-hydrogen) atoms. The first-order valence-corrected chi connectivity index (χ1v) is 9.13. The van der Waals surface area contributed by atoms with E-state index in [2.05, 4.69) is 15.5 Å². The van der Waals surface area contributed by atoms with Crippen molar-refractivity contribution in [3.63, 3.8) is 0 Å². The van der Waals surface area contributed by atoms with E-state index < -0.39 is 17.5 Å². The van der Waals surface area contributed by atoms with Crippen LogP contribution in [-0.4, -0.2) is 39.7 Å². The lowest BCUT2D eigenvalue weighted by atomic mass is 10.1. The summed E-state index contributed by atoms with van der Waals surface area (Å²) in [6, 6.07) is 9.35. The second-order valence-electron chi connectivity index (χ2n) is 6.29. The number of amides is 1. The van der Waals surface area contributed by atoms with Gasteiger partial charge in [0.25, 0.3) is 5.56 Å². The number of hydrogen-bond donors (Lipinski definition) is 1. The summed E-state index contributed by atoms with van der Waals surface area (Å²) in [5, 5.41) is 11.3. The van der Waals surface area contributed by atoms with Gasteiger partial charge < -0.3 is 14.8 Å². The summed E-state index contributed by atoms with van der Waals surface area (Å²) < 4.78 is 13.3. The van der Waals surface area contributed by atoms with Gasteiger partial charge in [0, 0.05) is 30.4 Å². The standard InChI is InChI=1S/C20H23N5O4/c1-5-24-11-10-17(22-24)21-20(27)13(2)25-18(26)12-16(29-4)19(23-25)14-6-8-15(28-3)9-7-14/h6-13H,5H2,1-4H3,(H,21,22,27)/t13-/m1/s1. The van der Waals surface area contributed by atoms with E-state index in [4.69, 9.17) is 9.47 Å². The van der Waals surface area contributed by atoms with Crippen LogP contribution in [0.4, 0.5) is 5.82 Å². The monoisotopic (exact) mass is 397 g/mol. The van der Waals surface area contributed by atoms with Crippen molar-refractivity contribution in [1.29, 1.82) is 0 Å². The van der Waals surface area contributed by atoms with E-state index in [-0.39, 0.29) is 0 Å². The molecule has 0 saturated carbocycles. The molecule has 3 aromatic rings. The maximum atomic E-state index is 12.6. The molecular formula is C20H23N5O4. The highest BCUT2D eigenvalue weighted by molar-refractivity contribution is 5.92. The number of nitrogens with one attached hydrogen (secondary N) is 1. The Hall–Kier alpha value is -3.62. The Morgan fingerprint density at radius 2 is 1.86 bits per heavy atom. The second kappa shape index (κ2) is 8.59. The second-order valence-corrected chi connectivity index (χ2v) is 6.29. The summed E-state index contributed by atoms with van der Waals surface area (Å²) in [5.41, 5.74) is 0.733. The normalized spacial score (nSPS) is 11.7. The largest absolute Gasteiger partial charge is 0.497 e. The Kier molecular flexibility index (Phi) is 5.96. The van der Waals surface area contributed by atoms with Crippen LogP contribution >= 0.6 is 0 Å². The summed E-state index contributed by atoms with van der Waals surface area (Å²) in [4.78, 5) is 25.2. The zero-order chi connectivity index (χ0) is 21.0. The van der Waals surface area contributed by atoms with Crippen molar-refractivity contribution < 1.29 is 14.3 Å². The molecule has 152 valence electrons.